The average Bonchev–Trinajstić information content (AvgIpc) is 3.40. The van der Waals surface area contributed by atoms with Gasteiger partial charge in [0.15, 0.2) is 17.3 Å². The van der Waals surface area contributed by atoms with Gasteiger partial charge in [0.2, 0.25) is 0 Å². The Balaban J connectivity index is 1.26. The molecule has 4 aromatic rings. The first-order chi connectivity index (χ1) is 15.5. The molecule has 1 saturated carbocycles. The minimum atomic E-state index is -0.525. The van der Waals surface area contributed by atoms with Crippen LogP contribution in [-0.4, -0.2) is 37.4 Å². The number of amides is 1. The van der Waals surface area contributed by atoms with Gasteiger partial charge in [-0.3, -0.25) is 4.79 Å². The van der Waals surface area contributed by atoms with E-state index in [0.29, 0.717) is 22.5 Å². The van der Waals surface area contributed by atoms with Gasteiger partial charge in [0.25, 0.3) is 5.91 Å². The molecule has 8 nitrogen and oxygen atoms in total. The Morgan fingerprint density at radius 1 is 1.25 bits per heavy atom. The summed E-state index contributed by atoms with van der Waals surface area (Å²) in [6.07, 6.45) is 8.13. The molecule has 1 fully saturated rings. The first-order valence-corrected chi connectivity index (χ1v) is 11.0. The van der Waals surface area contributed by atoms with Gasteiger partial charge in [0.1, 0.15) is 5.65 Å². The van der Waals surface area contributed by atoms with Crippen molar-refractivity contribution in [3.05, 3.63) is 75.7 Å². The van der Waals surface area contributed by atoms with E-state index in [9.17, 15) is 9.18 Å². The number of rotatable bonds is 7. The van der Waals surface area contributed by atoms with E-state index >= 15 is 0 Å². The fourth-order valence-electron chi connectivity index (χ4n) is 3.60. The predicted molar refractivity (Wildman–Crippen MR) is 118 cm³/mol. The number of fused-ring (bicyclic) bond motifs is 1. The molecular weight excluding hydrogens is 479 g/mol. The largest absolute Gasteiger partial charge is 0.494 e. The van der Waals surface area contributed by atoms with Gasteiger partial charge in [-0.2, -0.15) is 0 Å². The van der Waals surface area contributed by atoms with Crippen molar-refractivity contribution in [1.29, 1.82) is 0 Å². The zero-order valence-electron chi connectivity index (χ0n) is 17.3. The van der Waals surface area contributed by atoms with Gasteiger partial charge < -0.3 is 14.5 Å². The van der Waals surface area contributed by atoms with Crippen molar-refractivity contribution in [3.8, 4) is 5.75 Å². The summed E-state index contributed by atoms with van der Waals surface area (Å²) in [6.45, 7) is 0.363. The molecule has 0 aliphatic heterocycles. The summed E-state index contributed by atoms with van der Waals surface area (Å²) in [5, 5.41) is 10.6. The van der Waals surface area contributed by atoms with Crippen LogP contribution in [0.2, 0.25) is 0 Å². The van der Waals surface area contributed by atoms with E-state index in [1.54, 1.807) is 16.9 Å². The quantitative estimate of drug-likeness (QED) is 0.419. The Kier molecular flexibility index (Phi) is 5.38. The first-order valence-electron chi connectivity index (χ1n) is 10.2. The second kappa shape index (κ2) is 8.34. The van der Waals surface area contributed by atoms with Crippen LogP contribution in [0, 0.1) is 5.82 Å². The number of halogens is 2. The highest BCUT2D eigenvalue weighted by atomic mass is 79.9. The van der Waals surface area contributed by atoms with Crippen molar-refractivity contribution in [3.63, 3.8) is 0 Å². The number of nitrogens with zero attached hydrogens (tertiary/aromatic N) is 5. The third-order valence-electron chi connectivity index (χ3n) is 5.46. The number of hydrogen-bond acceptors (Lipinski definition) is 5. The van der Waals surface area contributed by atoms with Crippen LogP contribution in [0.3, 0.4) is 0 Å². The molecule has 0 radical (unpaired) electrons. The van der Waals surface area contributed by atoms with Crippen molar-refractivity contribution >= 4 is 27.5 Å². The lowest BCUT2D eigenvalue weighted by Gasteiger charge is -2.10. The van der Waals surface area contributed by atoms with Crippen LogP contribution < -0.4 is 10.1 Å². The number of nitrogens with one attached hydrogen (secondary N) is 1. The molecule has 10 heteroatoms. The monoisotopic (exact) mass is 498 g/mol. The molecule has 0 atom stereocenters. The third-order valence-corrected chi connectivity index (χ3v) is 6.21. The number of carbonyl (C=O) groups is 1. The number of methoxy groups -OCH3 is 1. The van der Waals surface area contributed by atoms with Crippen molar-refractivity contribution in [2.24, 2.45) is 0 Å². The molecule has 1 N–H and O–H groups in total. The smallest absolute Gasteiger partial charge is 0.273 e. The maximum Gasteiger partial charge on any atom is 0.273 e. The molecule has 1 aliphatic carbocycles. The first kappa shape index (κ1) is 20.6. The highest BCUT2D eigenvalue weighted by molar-refractivity contribution is 9.10. The molecule has 5 rings (SSSR count). The van der Waals surface area contributed by atoms with Crippen LogP contribution >= 0.6 is 15.9 Å². The molecule has 0 spiro atoms. The molecule has 1 amide bonds. The van der Waals surface area contributed by atoms with E-state index < -0.39 is 11.7 Å². The molecule has 164 valence electrons. The van der Waals surface area contributed by atoms with Crippen LogP contribution in [0.5, 0.6) is 5.75 Å². The van der Waals surface area contributed by atoms with Gasteiger partial charge in [-0.05, 0) is 42.5 Å². The van der Waals surface area contributed by atoms with Gasteiger partial charge >= 0.3 is 0 Å². The second-order valence-corrected chi connectivity index (χ2v) is 8.61. The van der Waals surface area contributed by atoms with Crippen molar-refractivity contribution in [2.75, 3.05) is 7.11 Å². The lowest BCUT2D eigenvalue weighted by molar-refractivity contribution is 0.0945. The summed E-state index contributed by atoms with van der Waals surface area (Å²) in [4.78, 5) is 17.1. The average molecular weight is 499 g/mol. The molecule has 32 heavy (non-hydrogen) atoms. The summed E-state index contributed by atoms with van der Waals surface area (Å²) in [6, 6.07) is 7.34. The van der Waals surface area contributed by atoms with E-state index in [1.165, 1.54) is 31.6 Å². The van der Waals surface area contributed by atoms with Crippen molar-refractivity contribution in [2.45, 2.75) is 31.8 Å². The number of benzene rings is 1. The van der Waals surface area contributed by atoms with Crippen LogP contribution in [-0.2, 0) is 13.1 Å². The summed E-state index contributed by atoms with van der Waals surface area (Å²) in [5.41, 5.74) is 3.45. The molecule has 1 aromatic carbocycles. The van der Waals surface area contributed by atoms with E-state index in [4.69, 9.17) is 4.74 Å². The van der Waals surface area contributed by atoms with Gasteiger partial charge in [-0.1, -0.05) is 27.2 Å². The normalized spacial score (nSPS) is 13.5. The Labute approximate surface area is 191 Å². The van der Waals surface area contributed by atoms with Crippen LogP contribution in [0.15, 0.2) is 47.3 Å². The number of aromatic nitrogens is 5. The number of ether oxygens (including phenoxy) is 1. The number of pyridine rings is 1. The summed E-state index contributed by atoms with van der Waals surface area (Å²) >= 11 is 3.30. The molecule has 1 aliphatic rings. The number of imidazole rings is 1. The third kappa shape index (κ3) is 4.10. The van der Waals surface area contributed by atoms with Gasteiger partial charge in [0.05, 0.1) is 25.5 Å². The van der Waals surface area contributed by atoms with Gasteiger partial charge in [-0.25, -0.2) is 14.1 Å². The Morgan fingerprint density at radius 3 is 2.88 bits per heavy atom. The van der Waals surface area contributed by atoms with E-state index in [2.05, 4.69) is 48.8 Å². The Bertz CT molecular complexity index is 1310. The maximum absolute atomic E-state index is 14.4. The Hall–Kier alpha value is -3.27. The zero-order chi connectivity index (χ0) is 22.2. The maximum atomic E-state index is 14.4. The van der Waals surface area contributed by atoms with E-state index in [0.717, 1.165) is 11.3 Å². The molecular formula is C22H20BrFN6O2. The van der Waals surface area contributed by atoms with E-state index in [-0.39, 0.29) is 18.0 Å². The predicted octanol–water partition coefficient (Wildman–Crippen LogP) is 3.69. The van der Waals surface area contributed by atoms with Crippen molar-refractivity contribution in [1.82, 2.24) is 29.7 Å². The lowest BCUT2D eigenvalue weighted by atomic mass is 10.2. The standard InChI is InChI=1S/C22H20BrFN6O2/c1-32-19-6-5-17(23)16(21(19)24)8-25-22(31)18-12-30(28-27-18)11-15-10-29-9-14(13-2-3-13)4-7-20(29)26-15/h4-7,9-10,12-13H,2-3,8,11H2,1H3,(H,25,31). The minimum absolute atomic E-state index is 0.0227. The van der Waals surface area contributed by atoms with Crippen molar-refractivity contribution < 1.29 is 13.9 Å². The van der Waals surface area contributed by atoms with Crippen LogP contribution in [0.1, 0.15) is 46.1 Å². The van der Waals surface area contributed by atoms with Crippen LogP contribution in [0.4, 0.5) is 4.39 Å². The van der Waals surface area contributed by atoms with Crippen LogP contribution in [0.25, 0.3) is 5.65 Å². The number of carbonyl (C=O) groups excluding carboxylic acids is 1. The topological polar surface area (TPSA) is 86.3 Å². The molecule has 3 aromatic heterocycles. The molecule has 0 saturated heterocycles. The second-order valence-electron chi connectivity index (χ2n) is 7.76. The minimum Gasteiger partial charge on any atom is -0.494 e. The SMILES string of the molecule is COc1ccc(Br)c(CNC(=O)c2cn(Cc3cn4cc(C5CC5)ccc4n3)nn2)c1F. The molecule has 0 bridgehead atoms. The zero-order valence-corrected chi connectivity index (χ0v) is 18.8. The number of hydrogen-bond donors (Lipinski definition) is 1. The fraction of sp³-hybridized carbons (Fsp3) is 0.273. The highest BCUT2D eigenvalue weighted by Gasteiger charge is 2.24. The Morgan fingerprint density at radius 2 is 2.09 bits per heavy atom. The lowest BCUT2D eigenvalue weighted by Crippen LogP contribution is -2.24. The summed E-state index contributed by atoms with van der Waals surface area (Å²) in [5.74, 6) is -0.190. The molecule has 3 heterocycles. The summed E-state index contributed by atoms with van der Waals surface area (Å²) < 4.78 is 23.6. The molecule has 0 unspecified atom stereocenters. The summed E-state index contributed by atoms with van der Waals surface area (Å²) in [7, 11) is 1.39. The highest BCUT2D eigenvalue weighted by Crippen LogP contribution is 2.39. The van der Waals surface area contributed by atoms with Gasteiger partial charge in [0, 0.05) is 29.0 Å². The van der Waals surface area contributed by atoms with E-state index in [1.807, 2.05) is 16.7 Å². The van der Waals surface area contributed by atoms with Gasteiger partial charge in [-0.15, -0.1) is 5.10 Å². The fourth-order valence-corrected chi connectivity index (χ4v) is 4.04.